The van der Waals surface area contributed by atoms with Crippen LogP contribution < -0.4 is 5.43 Å². The molecular formula is C14H11BrN4S. The van der Waals surface area contributed by atoms with Crippen LogP contribution in [0, 0.1) is 6.92 Å². The van der Waals surface area contributed by atoms with E-state index in [9.17, 15) is 0 Å². The molecule has 0 saturated heterocycles. The number of halogens is 1. The van der Waals surface area contributed by atoms with Crippen LogP contribution in [0.3, 0.4) is 0 Å². The van der Waals surface area contributed by atoms with Crippen molar-refractivity contribution < 1.29 is 0 Å². The summed E-state index contributed by atoms with van der Waals surface area (Å²) in [6.07, 6.45) is 3.55. The second kappa shape index (κ2) is 5.68. The molecule has 6 heteroatoms. The highest BCUT2D eigenvalue weighted by atomic mass is 79.9. The van der Waals surface area contributed by atoms with E-state index >= 15 is 0 Å². The molecule has 0 amide bonds. The van der Waals surface area contributed by atoms with E-state index in [1.165, 1.54) is 11.3 Å². The SMILES string of the molecule is Cc1csc(NN=Cc2cccc3cc(Br)cnc23)n1. The molecule has 0 radical (unpaired) electrons. The zero-order valence-corrected chi connectivity index (χ0v) is 13.1. The molecular weight excluding hydrogens is 336 g/mol. The van der Waals surface area contributed by atoms with E-state index in [0.29, 0.717) is 0 Å². The van der Waals surface area contributed by atoms with Crippen molar-refractivity contribution in [1.82, 2.24) is 9.97 Å². The van der Waals surface area contributed by atoms with E-state index in [2.05, 4.69) is 36.4 Å². The van der Waals surface area contributed by atoms with Gasteiger partial charge in [-0.05, 0) is 28.9 Å². The fourth-order valence-electron chi connectivity index (χ4n) is 1.82. The van der Waals surface area contributed by atoms with E-state index in [0.717, 1.165) is 31.8 Å². The molecule has 3 aromatic rings. The van der Waals surface area contributed by atoms with Gasteiger partial charge in [0.1, 0.15) is 0 Å². The number of hydrogen-bond donors (Lipinski definition) is 1. The number of pyridine rings is 1. The predicted octanol–water partition coefficient (Wildman–Crippen LogP) is 4.21. The highest BCUT2D eigenvalue weighted by Gasteiger charge is 2.01. The highest BCUT2D eigenvalue weighted by molar-refractivity contribution is 9.10. The first kappa shape index (κ1) is 13.2. The van der Waals surface area contributed by atoms with Gasteiger partial charge in [-0.15, -0.1) is 11.3 Å². The fraction of sp³-hybridized carbons (Fsp3) is 0.0714. The molecule has 0 unspecified atom stereocenters. The summed E-state index contributed by atoms with van der Waals surface area (Å²) >= 11 is 4.96. The zero-order valence-electron chi connectivity index (χ0n) is 10.7. The molecule has 3 rings (SSSR count). The minimum absolute atomic E-state index is 0.787. The molecule has 0 bridgehead atoms. The van der Waals surface area contributed by atoms with Crippen molar-refractivity contribution >= 4 is 49.5 Å². The van der Waals surface area contributed by atoms with Crippen molar-refractivity contribution in [3.8, 4) is 0 Å². The van der Waals surface area contributed by atoms with Gasteiger partial charge < -0.3 is 0 Å². The van der Waals surface area contributed by atoms with Crippen LogP contribution in [0.5, 0.6) is 0 Å². The summed E-state index contributed by atoms with van der Waals surface area (Å²) in [6, 6.07) is 8.05. The molecule has 0 saturated carbocycles. The Labute approximate surface area is 128 Å². The molecule has 0 fully saturated rings. The van der Waals surface area contributed by atoms with Crippen molar-refractivity contribution in [1.29, 1.82) is 0 Å². The molecule has 0 spiro atoms. The quantitative estimate of drug-likeness (QED) is 0.570. The van der Waals surface area contributed by atoms with Crippen LogP contribution in [-0.2, 0) is 0 Å². The van der Waals surface area contributed by atoms with E-state index in [4.69, 9.17) is 0 Å². The average molecular weight is 347 g/mol. The number of anilines is 1. The number of nitrogens with one attached hydrogen (secondary N) is 1. The maximum atomic E-state index is 4.43. The van der Waals surface area contributed by atoms with Gasteiger partial charge in [-0.2, -0.15) is 5.10 Å². The van der Waals surface area contributed by atoms with Gasteiger partial charge in [0.2, 0.25) is 5.13 Å². The summed E-state index contributed by atoms with van der Waals surface area (Å²) in [4.78, 5) is 8.72. The Hall–Kier alpha value is -1.79. The minimum Gasteiger partial charge on any atom is -0.254 e. The van der Waals surface area contributed by atoms with Gasteiger partial charge in [0.25, 0.3) is 0 Å². The van der Waals surface area contributed by atoms with E-state index in [-0.39, 0.29) is 0 Å². The first-order chi connectivity index (χ1) is 9.72. The van der Waals surface area contributed by atoms with Crippen molar-refractivity contribution in [2.24, 2.45) is 5.10 Å². The fourth-order valence-corrected chi connectivity index (χ4v) is 2.81. The van der Waals surface area contributed by atoms with Gasteiger partial charge in [-0.3, -0.25) is 10.4 Å². The van der Waals surface area contributed by atoms with Gasteiger partial charge >= 0.3 is 0 Å². The summed E-state index contributed by atoms with van der Waals surface area (Å²) in [5, 5.41) is 8.06. The Balaban J connectivity index is 1.87. The van der Waals surface area contributed by atoms with Crippen molar-refractivity contribution in [2.75, 3.05) is 5.43 Å². The topological polar surface area (TPSA) is 50.2 Å². The standard InChI is InChI=1S/C14H11BrN4S/c1-9-8-20-14(18-9)19-17-6-11-4-2-3-10-5-12(15)7-16-13(10)11/h2-8H,1H3,(H,18,19). The number of para-hydroxylation sites is 1. The normalized spacial score (nSPS) is 11.3. The Morgan fingerprint density at radius 3 is 3.10 bits per heavy atom. The van der Waals surface area contributed by atoms with Gasteiger partial charge in [-0.1, -0.05) is 18.2 Å². The summed E-state index contributed by atoms with van der Waals surface area (Å²) < 4.78 is 0.968. The lowest BCUT2D eigenvalue weighted by atomic mass is 10.1. The molecule has 4 nitrogen and oxygen atoms in total. The number of hydrazone groups is 1. The average Bonchev–Trinajstić information content (AvgIpc) is 2.84. The third-order valence-corrected chi connectivity index (χ3v) is 3.99. The van der Waals surface area contributed by atoms with Gasteiger partial charge in [-0.25, -0.2) is 4.98 Å². The molecule has 0 atom stereocenters. The summed E-state index contributed by atoms with van der Waals surface area (Å²) in [7, 11) is 0. The number of aryl methyl sites for hydroxylation is 1. The van der Waals surface area contributed by atoms with Crippen LogP contribution in [0.15, 0.2) is 45.4 Å². The minimum atomic E-state index is 0.787. The second-order valence-corrected chi connectivity index (χ2v) is 6.01. The molecule has 0 aliphatic carbocycles. The number of benzene rings is 1. The van der Waals surface area contributed by atoms with Gasteiger partial charge in [0.15, 0.2) is 0 Å². The number of nitrogens with zero attached hydrogens (tertiary/aromatic N) is 3. The highest BCUT2D eigenvalue weighted by Crippen LogP contribution is 2.19. The molecule has 2 aromatic heterocycles. The van der Waals surface area contributed by atoms with Crippen LogP contribution in [0.4, 0.5) is 5.13 Å². The van der Waals surface area contributed by atoms with Crippen molar-refractivity contribution in [3.63, 3.8) is 0 Å². The summed E-state index contributed by atoms with van der Waals surface area (Å²) in [5.74, 6) is 0. The monoisotopic (exact) mass is 346 g/mol. The lowest BCUT2D eigenvalue weighted by Crippen LogP contribution is -1.92. The third kappa shape index (κ3) is 2.86. The number of thiazole rings is 1. The molecule has 20 heavy (non-hydrogen) atoms. The molecule has 2 heterocycles. The van der Waals surface area contributed by atoms with Gasteiger partial charge in [0.05, 0.1) is 17.4 Å². The van der Waals surface area contributed by atoms with E-state index < -0.39 is 0 Å². The molecule has 1 N–H and O–H groups in total. The lowest BCUT2D eigenvalue weighted by Gasteiger charge is -2.01. The van der Waals surface area contributed by atoms with Crippen LogP contribution in [0.25, 0.3) is 10.9 Å². The Morgan fingerprint density at radius 2 is 2.30 bits per heavy atom. The first-order valence-electron chi connectivity index (χ1n) is 5.98. The van der Waals surface area contributed by atoms with Crippen LogP contribution in [-0.4, -0.2) is 16.2 Å². The van der Waals surface area contributed by atoms with Crippen molar-refractivity contribution in [2.45, 2.75) is 6.92 Å². The maximum absolute atomic E-state index is 4.43. The Morgan fingerprint density at radius 1 is 1.40 bits per heavy atom. The Kier molecular flexibility index (Phi) is 3.75. The van der Waals surface area contributed by atoms with Crippen LogP contribution >= 0.6 is 27.3 Å². The molecule has 0 aliphatic heterocycles. The summed E-state index contributed by atoms with van der Waals surface area (Å²) in [6.45, 7) is 1.96. The number of rotatable bonds is 3. The molecule has 1 aromatic carbocycles. The number of hydrogen-bond acceptors (Lipinski definition) is 5. The number of fused-ring (bicyclic) bond motifs is 1. The number of aromatic nitrogens is 2. The molecule has 0 aliphatic rings. The first-order valence-corrected chi connectivity index (χ1v) is 7.65. The third-order valence-electron chi connectivity index (χ3n) is 2.69. The van der Waals surface area contributed by atoms with Crippen LogP contribution in [0.1, 0.15) is 11.3 Å². The Bertz CT molecular complexity index is 782. The smallest absolute Gasteiger partial charge is 0.203 e. The lowest BCUT2D eigenvalue weighted by molar-refractivity contribution is 1.22. The summed E-state index contributed by atoms with van der Waals surface area (Å²) in [5.41, 5.74) is 5.82. The van der Waals surface area contributed by atoms with Crippen LogP contribution in [0.2, 0.25) is 0 Å². The largest absolute Gasteiger partial charge is 0.254 e. The van der Waals surface area contributed by atoms with Crippen molar-refractivity contribution in [3.05, 3.63) is 51.6 Å². The second-order valence-electron chi connectivity index (χ2n) is 4.24. The zero-order chi connectivity index (χ0) is 13.9. The van der Waals surface area contributed by atoms with E-state index in [1.807, 2.05) is 36.6 Å². The predicted molar refractivity (Wildman–Crippen MR) is 87.5 cm³/mol. The molecule has 100 valence electrons. The van der Waals surface area contributed by atoms with Gasteiger partial charge in [0, 0.05) is 27.0 Å². The maximum Gasteiger partial charge on any atom is 0.203 e. The van der Waals surface area contributed by atoms with E-state index in [1.54, 1.807) is 12.4 Å².